The number of hydrogen-bond donors (Lipinski definition) is 0. The Labute approximate surface area is 63.6 Å². The molecule has 0 amide bonds. The zero-order valence-corrected chi connectivity index (χ0v) is 6.34. The summed E-state index contributed by atoms with van der Waals surface area (Å²) in [6, 6.07) is 0. The molecule has 3 heteroatoms. The number of hydrogen-bond acceptors (Lipinski definition) is 1. The van der Waals surface area contributed by atoms with Crippen LogP contribution in [0.3, 0.4) is 0 Å². The summed E-state index contributed by atoms with van der Waals surface area (Å²) in [7, 11) is 0. The van der Waals surface area contributed by atoms with Gasteiger partial charge in [-0.1, -0.05) is 16.6 Å². The summed E-state index contributed by atoms with van der Waals surface area (Å²) >= 11 is 0. The van der Waals surface area contributed by atoms with E-state index in [1.54, 1.807) is 6.92 Å². The number of imidazole rings is 1. The van der Waals surface area contributed by atoms with Gasteiger partial charge in [0.2, 0.25) is 0 Å². The summed E-state index contributed by atoms with van der Waals surface area (Å²) in [5.41, 5.74) is 0. The lowest BCUT2D eigenvalue weighted by Crippen LogP contribution is -2.29. The van der Waals surface area contributed by atoms with Gasteiger partial charge >= 0.3 is 0 Å². The van der Waals surface area contributed by atoms with Crippen LogP contribution < -0.4 is 10.7 Å². The molecule has 0 aliphatic heterocycles. The smallest absolute Gasteiger partial charge is 0.137 e. The molecule has 0 saturated heterocycles. The minimum absolute atomic E-state index is 0.435. The Hall–Kier alpha value is -1.12. The van der Waals surface area contributed by atoms with E-state index in [9.17, 15) is 4.48 Å². The molecule has 0 unspecified atom stereocenters. The Morgan fingerprint density at radius 1 is 1.45 bits per heavy atom. The van der Waals surface area contributed by atoms with E-state index in [-0.39, 0.29) is 0 Å². The summed E-state index contributed by atoms with van der Waals surface area (Å²) < 4.78 is 13.0. The summed E-state index contributed by atoms with van der Waals surface area (Å²) in [5, 5.41) is 1.41. The van der Waals surface area contributed by atoms with Gasteiger partial charge in [-0.2, -0.15) is 4.79 Å². The van der Waals surface area contributed by atoms with Gasteiger partial charge in [0.15, 0.2) is 0 Å². The van der Waals surface area contributed by atoms with Crippen molar-refractivity contribution in [3.8, 4) is 0 Å². The molecule has 1 aromatic heterocycles. The lowest BCUT2D eigenvalue weighted by molar-refractivity contribution is 0.345. The van der Waals surface area contributed by atoms with Crippen molar-refractivity contribution in [2.45, 2.75) is 19.8 Å². The number of aryl methyl sites for hydroxylation is 1. The van der Waals surface area contributed by atoms with Crippen LogP contribution in [-0.4, -0.2) is 9.77 Å². The molecule has 0 aromatic carbocycles. The first-order valence-corrected chi connectivity index (χ1v) is 3.71. The highest BCUT2D eigenvalue weighted by atomic mass is 19.2. The van der Waals surface area contributed by atoms with Crippen molar-refractivity contribution in [3.63, 3.8) is 0 Å². The summed E-state index contributed by atoms with van der Waals surface area (Å²) in [5.74, 6) is 0.435. The van der Waals surface area contributed by atoms with Crippen LogP contribution >= 0.6 is 0 Å². The molecule has 58 valence electrons. The maximum atomic E-state index is 13.0. The predicted octanol–water partition coefficient (Wildman–Crippen LogP) is 0.279. The Morgan fingerprint density at radius 2 is 2.18 bits per heavy atom. The molecule has 0 atom stereocenters. The molecule has 2 nitrogen and oxygen atoms in total. The van der Waals surface area contributed by atoms with Crippen molar-refractivity contribution in [1.82, 2.24) is 9.77 Å². The van der Waals surface area contributed by atoms with Crippen molar-refractivity contribution in [3.05, 3.63) is 16.5 Å². The number of fused-ring (bicyclic) bond motifs is 1. The number of rotatable bonds is 0. The highest BCUT2D eigenvalue weighted by Gasteiger charge is 2.03. The Kier molecular flexibility index (Phi) is 1.31. The molecule has 0 radical (unpaired) electrons. The van der Waals surface area contributed by atoms with Gasteiger partial charge in [0.25, 0.3) is 0 Å². The molecule has 2 rings (SSSR count). The number of halogens is 1. The minimum atomic E-state index is 0.435. The lowest BCUT2D eigenvalue weighted by Gasteiger charge is -1.92. The van der Waals surface area contributed by atoms with E-state index in [2.05, 4.69) is 4.98 Å². The monoisotopic (exact) mass is 152 g/mol. The first-order valence-electron chi connectivity index (χ1n) is 3.71. The highest BCUT2D eigenvalue weighted by molar-refractivity contribution is 5.33. The van der Waals surface area contributed by atoms with E-state index in [0.29, 0.717) is 16.0 Å². The topological polar surface area (TPSA) is 17.8 Å². The van der Waals surface area contributed by atoms with Crippen molar-refractivity contribution in [2.24, 2.45) is 0 Å². The van der Waals surface area contributed by atoms with E-state index in [1.165, 1.54) is 0 Å². The molecule has 1 heterocycles. The molecule has 11 heavy (non-hydrogen) atoms. The second-order valence-corrected chi connectivity index (χ2v) is 2.70. The van der Waals surface area contributed by atoms with E-state index >= 15 is 0 Å². The average molecular weight is 152 g/mol. The third-order valence-electron chi connectivity index (χ3n) is 1.88. The normalized spacial score (nSPS) is 15.1. The van der Waals surface area contributed by atoms with Crippen molar-refractivity contribution >= 4 is 12.2 Å². The quantitative estimate of drug-likeness (QED) is 0.522. The maximum absolute atomic E-state index is 13.0. The summed E-state index contributed by atoms with van der Waals surface area (Å²) in [4.78, 5) is 4.70. The van der Waals surface area contributed by atoms with Gasteiger partial charge in [0.1, 0.15) is 5.82 Å². The molecular weight excluding hydrogens is 143 g/mol. The van der Waals surface area contributed by atoms with Crippen molar-refractivity contribution < 1.29 is 4.48 Å². The van der Waals surface area contributed by atoms with Gasteiger partial charge in [0, 0.05) is 0 Å². The van der Waals surface area contributed by atoms with E-state index in [4.69, 9.17) is 0 Å². The predicted molar refractivity (Wildman–Crippen MR) is 40.9 cm³/mol. The molecule has 0 spiro atoms. The van der Waals surface area contributed by atoms with Crippen LogP contribution in [-0.2, 0) is 0 Å². The fraction of sp³-hybridized carbons (Fsp3) is 0.375. The molecule has 0 N–H and O–H groups in total. The largest absolute Gasteiger partial charge is 0.231 e. The fourth-order valence-electron chi connectivity index (χ4n) is 1.33. The molecule has 0 fully saturated rings. The van der Waals surface area contributed by atoms with Crippen LogP contribution in [0, 0.1) is 6.92 Å². The third-order valence-corrected chi connectivity index (χ3v) is 1.88. The molecule has 0 saturated carbocycles. The maximum Gasteiger partial charge on any atom is 0.137 e. The zero-order valence-electron chi connectivity index (χ0n) is 6.34. The van der Waals surface area contributed by atoms with Gasteiger partial charge in [-0.25, -0.2) is 4.98 Å². The molecule has 1 aliphatic carbocycles. The fourth-order valence-corrected chi connectivity index (χ4v) is 1.33. The van der Waals surface area contributed by atoms with Crippen LogP contribution in [0.2, 0.25) is 0 Å². The lowest BCUT2D eigenvalue weighted by atomic mass is 10.2. The Balaban J connectivity index is 2.89. The number of aromatic nitrogens is 2. The minimum Gasteiger partial charge on any atom is -0.231 e. The zero-order chi connectivity index (χ0) is 7.84. The van der Waals surface area contributed by atoms with Crippen molar-refractivity contribution in [1.29, 1.82) is 0 Å². The van der Waals surface area contributed by atoms with E-state index < -0.39 is 0 Å². The first kappa shape index (κ1) is 6.58. The molecular formula is C8H9FN2. The van der Waals surface area contributed by atoms with E-state index in [0.717, 1.165) is 18.2 Å². The van der Waals surface area contributed by atoms with Crippen LogP contribution in [0.4, 0.5) is 4.48 Å². The molecule has 1 aliphatic rings. The molecule has 1 aromatic rings. The SMILES string of the molecule is Cc1nc2c(n1F)=CCCC=2. The van der Waals surface area contributed by atoms with Gasteiger partial charge < -0.3 is 0 Å². The van der Waals surface area contributed by atoms with Crippen LogP contribution in [0.25, 0.3) is 12.2 Å². The average Bonchev–Trinajstić information content (AvgIpc) is 2.30. The standard InChI is InChI=1S/C8H9FN2/c1-6-10-7-4-2-3-5-8(7)11(6)9/h4-5H,2-3H2,1H3. The van der Waals surface area contributed by atoms with Gasteiger partial charge in [-0.15, -0.1) is 0 Å². The molecule has 0 bridgehead atoms. The number of nitrogens with zero attached hydrogens (tertiary/aromatic N) is 2. The second-order valence-electron chi connectivity index (χ2n) is 2.70. The Bertz CT molecular complexity index is 389. The van der Waals surface area contributed by atoms with Crippen LogP contribution in [0.15, 0.2) is 0 Å². The van der Waals surface area contributed by atoms with Crippen LogP contribution in [0.1, 0.15) is 18.7 Å². The first-order chi connectivity index (χ1) is 5.29. The van der Waals surface area contributed by atoms with Crippen LogP contribution in [0.5, 0.6) is 0 Å². The second kappa shape index (κ2) is 2.19. The highest BCUT2D eigenvalue weighted by Crippen LogP contribution is 1.95. The van der Waals surface area contributed by atoms with Gasteiger partial charge in [-0.3, -0.25) is 0 Å². The summed E-state index contributed by atoms with van der Waals surface area (Å²) in [6.07, 6.45) is 5.75. The van der Waals surface area contributed by atoms with E-state index in [1.807, 2.05) is 12.2 Å². The van der Waals surface area contributed by atoms with Crippen molar-refractivity contribution in [2.75, 3.05) is 0 Å². The van der Waals surface area contributed by atoms with Gasteiger partial charge in [-0.05, 0) is 19.8 Å². The summed E-state index contributed by atoms with van der Waals surface area (Å²) in [6.45, 7) is 1.67. The third kappa shape index (κ3) is 0.878. The van der Waals surface area contributed by atoms with Gasteiger partial charge in [0.05, 0.1) is 10.7 Å². The Morgan fingerprint density at radius 3 is 2.91 bits per heavy atom.